The third-order valence-corrected chi connectivity index (χ3v) is 3.84. The number of benzene rings is 2. The highest BCUT2D eigenvalue weighted by Crippen LogP contribution is 2.24. The summed E-state index contributed by atoms with van der Waals surface area (Å²) >= 11 is 0. The fourth-order valence-electron chi connectivity index (χ4n) is 2.53. The molecule has 1 heterocycles. The third-order valence-electron chi connectivity index (χ3n) is 3.84. The molecule has 0 aliphatic heterocycles. The summed E-state index contributed by atoms with van der Waals surface area (Å²) in [6, 6.07) is 13.6. The van der Waals surface area contributed by atoms with Crippen molar-refractivity contribution in [2.45, 2.75) is 0 Å². The number of nitrogens with one attached hydrogen (secondary N) is 1. The van der Waals surface area contributed by atoms with Gasteiger partial charge in [0.1, 0.15) is 5.69 Å². The first-order valence-corrected chi connectivity index (χ1v) is 7.97. The minimum absolute atomic E-state index is 0.185. The van der Waals surface area contributed by atoms with Crippen LogP contribution in [0.15, 0.2) is 48.7 Å². The van der Waals surface area contributed by atoms with Crippen molar-refractivity contribution in [1.29, 1.82) is 0 Å². The lowest BCUT2D eigenvalue weighted by Gasteiger charge is -2.19. The fraction of sp³-hybridized carbons (Fsp3) is 0.211. The minimum Gasteiger partial charge on any atom is -0.361 e. The zero-order chi connectivity index (χ0) is 18.0. The van der Waals surface area contributed by atoms with Gasteiger partial charge in [0.05, 0.1) is 6.20 Å². The van der Waals surface area contributed by atoms with Crippen molar-refractivity contribution >= 4 is 34.1 Å². The Balaban J connectivity index is 1.91. The minimum atomic E-state index is -0.185. The molecule has 6 nitrogen and oxygen atoms in total. The highest BCUT2D eigenvalue weighted by Gasteiger charge is 2.14. The Labute approximate surface area is 147 Å². The first-order chi connectivity index (χ1) is 12.0. The molecule has 0 aliphatic carbocycles. The van der Waals surface area contributed by atoms with Gasteiger partial charge in [-0.1, -0.05) is 30.3 Å². The van der Waals surface area contributed by atoms with E-state index in [4.69, 9.17) is 0 Å². The van der Waals surface area contributed by atoms with Gasteiger partial charge in [-0.05, 0) is 22.9 Å². The number of aromatic nitrogens is 2. The molecule has 25 heavy (non-hydrogen) atoms. The summed E-state index contributed by atoms with van der Waals surface area (Å²) in [5.74, 6) is 1.07. The van der Waals surface area contributed by atoms with Gasteiger partial charge in [0, 0.05) is 33.8 Å². The van der Waals surface area contributed by atoms with E-state index in [-0.39, 0.29) is 5.91 Å². The maximum absolute atomic E-state index is 12.7. The second kappa shape index (κ2) is 6.76. The summed E-state index contributed by atoms with van der Waals surface area (Å²) < 4.78 is 0. The van der Waals surface area contributed by atoms with Crippen LogP contribution in [0.4, 0.5) is 17.5 Å². The molecule has 0 aliphatic rings. The number of fused-ring (bicyclic) bond motifs is 1. The first-order valence-electron chi connectivity index (χ1n) is 7.97. The zero-order valence-electron chi connectivity index (χ0n) is 14.8. The normalized spacial score (nSPS) is 10.6. The van der Waals surface area contributed by atoms with Crippen LogP contribution >= 0.6 is 0 Å². The van der Waals surface area contributed by atoms with Crippen molar-refractivity contribution in [3.05, 3.63) is 54.2 Å². The fourth-order valence-corrected chi connectivity index (χ4v) is 2.53. The maximum Gasteiger partial charge on any atom is 0.255 e. The molecule has 2 aromatic carbocycles. The zero-order valence-corrected chi connectivity index (χ0v) is 14.8. The van der Waals surface area contributed by atoms with Crippen molar-refractivity contribution in [2.75, 3.05) is 43.3 Å². The Hall–Kier alpha value is -3.15. The Bertz CT molecular complexity index is 921. The summed E-state index contributed by atoms with van der Waals surface area (Å²) in [7, 11) is 7.52. The van der Waals surface area contributed by atoms with Gasteiger partial charge in [0.2, 0.25) is 5.95 Å². The van der Waals surface area contributed by atoms with E-state index in [1.54, 1.807) is 6.20 Å². The molecular formula is C19H21N5O. The smallest absolute Gasteiger partial charge is 0.255 e. The van der Waals surface area contributed by atoms with Gasteiger partial charge in [0.25, 0.3) is 5.91 Å². The highest BCUT2D eigenvalue weighted by molar-refractivity contribution is 6.07. The highest BCUT2D eigenvalue weighted by atomic mass is 16.1. The van der Waals surface area contributed by atoms with E-state index in [0.29, 0.717) is 23.0 Å². The number of anilines is 3. The van der Waals surface area contributed by atoms with E-state index >= 15 is 0 Å². The summed E-state index contributed by atoms with van der Waals surface area (Å²) in [6.07, 6.45) is 1.64. The third kappa shape index (κ3) is 3.52. The molecule has 0 spiro atoms. The van der Waals surface area contributed by atoms with Crippen LogP contribution in [0, 0.1) is 0 Å². The van der Waals surface area contributed by atoms with Crippen LogP contribution in [0.2, 0.25) is 0 Å². The topological polar surface area (TPSA) is 61.4 Å². The summed E-state index contributed by atoms with van der Waals surface area (Å²) in [4.78, 5) is 25.1. The second-order valence-corrected chi connectivity index (χ2v) is 6.21. The lowest BCUT2D eigenvalue weighted by Crippen LogP contribution is -2.21. The molecule has 0 saturated heterocycles. The maximum atomic E-state index is 12.7. The predicted octanol–water partition coefficient (Wildman–Crippen LogP) is 3.01. The molecule has 128 valence electrons. The van der Waals surface area contributed by atoms with Gasteiger partial charge in [-0.25, -0.2) is 4.98 Å². The number of carbonyl (C=O) groups is 1. The lowest BCUT2D eigenvalue weighted by atomic mass is 10.1. The number of rotatable bonds is 4. The molecule has 3 aromatic rings. The molecule has 0 fully saturated rings. The van der Waals surface area contributed by atoms with Gasteiger partial charge in [-0.2, -0.15) is 4.98 Å². The predicted molar refractivity (Wildman–Crippen MR) is 103 cm³/mol. The second-order valence-electron chi connectivity index (χ2n) is 6.21. The molecular weight excluding hydrogens is 314 g/mol. The van der Waals surface area contributed by atoms with Crippen molar-refractivity contribution in [1.82, 2.24) is 9.97 Å². The van der Waals surface area contributed by atoms with E-state index in [2.05, 4.69) is 15.3 Å². The van der Waals surface area contributed by atoms with Gasteiger partial charge in [0.15, 0.2) is 5.82 Å². The molecule has 1 aromatic heterocycles. The summed E-state index contributed by atoms with van der Waals surface area (Å²) in [5.41, 5.74) is 1.17. The van der Waals surface area contributed by atoms with Crippen LogP contribution in [0.25, 0.3) is 10.8 Å². The number of nitrogens with zero attached hydrogens (tertiary/aromatic N) is 4. The van der Waals surface area contributed by atoms with E-state index in [1.807, 2.05) is 80.5 Å². The van der Waals surface area contributed by atoms with E-state index in [0.717, 1.165) is 10.8 Å². The van der Waals surface area contributed by atoms with Crippen LogP contribution < -0.4 is 15.1 Å². The number of hydrogen-bond donors (Lipinski definition) is 1. The summed E-state index contributed by atoms with van der Waals surface area (Å²) in [5, 5.41) is 5.05. The van der Waals surface area contributed by atoms with Crippen LogP contribution in [0.3, 0.4) is 0 Å². The number of carbonyl (C=O) groups excluding carboxylic acids is 1. The average Bonchev–Trinajstić information content (AvgIpc) is 2.61. The molecule has 3 rings (SSSR count). The SMILES string of the molecule is CN(C)c1ncc(NC(=O)c2ccc3ccccc3c2)c(N(C)C)n1. The molecule has 0 bridgehead atoms. The Morgan fingerprint density at radius 2 is 1.68 bits per heavy atom. The van der Waals surface area contributed by atoms with E-state index in [9.17, 15) is 4.79 Å². The van der Waals surface area contributed by atoms with Crippen LogP contribution in [0.5, 0.6) is 0 Å². The number of amides is 1. The quantitative estimate of drug-likeness (QED) is 0.794. The average molecular weight is 335 g/mol. The van der Waals surface area contributed by atoms with Gasteiger partial charge >= 0.3 is 0 Å². The molecule has 1 amide bonds. The molecule has 0 saturated carbocycles. The molecule has 1 N–H and O–H groups in total. The Kier molecular flexibility index (Phi) is 4.52. The van der Waals surface area contributed by atoms with Gasteiger partial charge in [-0.3, -0.25) is 4.79 Å². The molecule has 6 heteroatoms. The van der Waals surface area contributed by atoms with Crippen molar-refractivity contribution in [3.63, 3.8) is 0 Å². The van der Waals surface area contributed by atoms with Crippen LogP contribution in [-0.4, -0.2) is 44.1 Å². The Morgan fingerprint density at radius 3 is 2.36 bits per heavy atom. The largest absolute Gasteiger partial charge is 0.361 e. The first kappa shape index (κ1) is 16.7. The van der Waals surface area contributed by atoms with Crippen LogP contribution in [-0.2, 0) is 0 Å². The lowest BCUT2D eigenvalue weighted by molar-refractivity contribution is 0.102. The van der Waals surface area contributed by atoms with Crippen molar-refractivity contribution in [2.24, 2.45) is 0 Å². The standard InChI is InChI=1S/C19H21N5O/c1-23(2)17-16(12-20-19(22-17)24(3)4)21-18(25)15-10-9-13-7-5-6-8-14(13)11-15/h5-12H,1-4H3,(H,21,25). The van der Waals surface area contributed by atoms with Gasteiger partial charge < -0.3 is 15.1 Å². The van der Waals surface area contributed by atoms with Gasteiger partial charge in [-0.15, -0.1) is 0 Å². The van der Waals surface area contributed by atoms with Crippen molar-refractivity contribution in [3.8, 4) is 0 Å². The summed E-state index contributed by atoms with van der Waals surface area (Å²) in [6.45, 7) is 0. The Morgan fingerprint density at radius 1 is 0.960 bits per heavy atom. The molecule has 0 radical (unpaired) electrons. The number of hydrogen-bond acceptors (Lipinski definition) is 5. The monoisotopic (exact) mass is 335 g/mol. The molecule has 0 unspecified atom stereocenters. The molecule has 0 atom stereocenters. The van der Waals surface area contributed by atoms with E-state index < -0.39 is 0 Å². The van der Waals surface area contributed by atoms with Crippen molar-refractivity contribution < 1.29 is 4.79 Å². The van der Waals surface area contributed by atoms with Crippen LogP contribution in [0.1, 0.15) is 10.4 Å². The van der Waals surface area contributed by atoms with E-state index in [1.165, 1.54) is 0 Å².